The quantitative estimate of drug-likeness (QED) is 0.160. The smallest absolute Gasteiger partial charge is 0.160 e. The molecule has 0 radical (unpaired) electrons. The first kappa shape index (κ1) is 36.3. The Bertz CT molecular complexity index is 3660. The number of rotatable bonds is 7. The summed E-state index contributed by atoms with van der Waals surface area (Å²) in [7, 11) is 0. The first-order valence-electron chi connectivity index (χ1n) is 21.9. The lowest BCUT2D eigenvalue weighted by Crippen LogP contribution is -2.28. The van der Waals surface area contributed by atoms with E-state index in [1.165, 1.54) is 44.5 Å². The molecule has 10 aromatic carbocycles. The molecule has 2 heterocycles. The average molecular weight is 818 g/mol. The number of para-hydroxylation sites is 2. The number of furan rings is 2. The van der Waals surface area contributed by atoms with E-state index in [2.05, 4.69) is 223 Å². The van der Waals surface area contributed by atoms with Gasteiger partial charge in [-0.25, -0.2) is 0 Å². The van der Waals surface area contributed by atoms with Crippen LogP contribution in [0, 0.1) is 0 Å². The Morgan fingerprint density at radius 1 is 0.328 bits per heavy atom. The lowest BCUT2D eigenvalue weighted by molar-refractivity contribution is 0.663. The van der Waals surface area contributed by atoms with Gasteiger partial charge in [0.05, 0.1) is 11.1 Å². The largest absolute Gasteiger partial charge is 0.456 e. The highest BCUT2D eigenvalue weighted by Gasteiger charge is 2.46. The van der Waals surface area contributed by atoms with Crippen LogP contribution in [0.2, 0.25) is 0 Å². The van der Waals surface area contributed by atoms with Crippen molar-refractivity contribution < 1.29 is 8.83 Å². The highest BCUT2D eigenvalue weighted by atomic mass is 16.3. The fourth-order valence-corrected chi connectivity index (χ4v) is 10.6. The molecule has 0 atom stereocenters. The van der Waals surface area contributed by atoms with Gasteiger partial charge in [-0.05, 0) is 98.6 Å². The van der Waals surface area contributed by atoms with E-state index in [-0.39, 0.29) is 0 Å². The molecule has 0 saturated heterocycles. The summed E-state index contributed by atoms with van der Waals surface area (Å²) in [6.07, 6.45) is 0. The average Bonchev–Trinajstić information content (AvgIpc) is 4.04. The van der Waals surface area contributed by atoms with Crippen molar-refractivity contribution in [3.63, 3.8) is 0 Å². The van der Waals surface area contributed by atoms with Crippen LogP contribution >= 0.6 is 0 Å². The Hall–Kier alpha value is -8.40. The van der Waals surface area contributed by atoms with Gasteiger partial charge in [0.1, 0.15) is 16.7 Å². The number of fused-ring (bicyclic) bond motifs is 10. The topological polar surface area (TPSA) is 29.5 Å². The van der Waals surface area contributed by atoms with Gasteiger partial charge in [0.15, 0.2) is 5.58 Å². The van der Waals surface area contributed by atoms with Gasteiger partial charge in [-0.15, -0.1) is 0 Å². The van der Waals surface area contributed by atoms with Gasteiger partial charge in [-0.3, -0.25) is 0 Å². The zero-order valence-electron chi connectivity index (χ0n) is 34.8. The molecule has 0 amide bonds. The van der Waals surface area contributed by atoms with E-state index in [1.54, 1.807) is 0 Å². The molecule has 0 bridgehead atoms. The van der Waals surface area contributed by atoms with Crippen LogP contribution in [0.15, 0.2) is 245 Å². The van der Waals surface area contributed by atoms with Crippen LogP contribution in [0.1, 0.15) is 22.3 Å². The summed E-state index contributed by atoms with van der Waals surface area (Å²) in [5, 5.41) is 4.22. The van der Waals surface area contributed by atoms with Crippen molar-refractivity contribution in [1.29, 1.82) is 0 Å². The Morgan fingerprint density at radius 3 is 1.61 bits per heavy atom. The van der Waals surface area contributed by atoms with Gasteiger partial charge in [0, 0.05) is 38.5 Å². The number of nitrogens with zero attached hydrogens (tertiary/aromatic N) is 1. The van der Waals surface area contributed by atoms with E-state index in [1.807, 2.05) is 18.2 Å². The molecule has 2 aromatic heterocycles. The van der Waals surface area contributed by atoms with Gasteiger partial charge in [0.2, 0.25) is 0 Å². The van der Waals surface area contributed by atoms with Crippen molar-refractivity contribution in [2.24, 2.45) is 0 Å². The molecule has 12 aromatic rings. The predicted octanol–water partition coefficient (Wildman–Crippen LogP) is 16.7. The minimum Gasteiger partial charge on any atom is -0.456 e. The molecule has 3 heteroatoms. The Balaban J connectivity index is 1.13. The lowest BCUT2D eigenvalue weighted by atomic mass is 9.67. The van der Waals surface area contributed by atoms with Crippen LogP contribution in [0.3, 0.4) is 0 Å². The summed E-state index contributed by atoms with van der Waals surface area (Å²) < 4.78 is 13.7. The van der Waals surface area contributed by atoms with Crippen LogP contribution in [-0.2, 0) is 5.41 Å². The second-order valence-corrected chi connectivity index (χ2v) is 16.7. The molecule has 0 aliphatic heterocycles. The summed E-state index contributed by atoms with van der Waals surface area (Å²) in [6, 6.07) is 85.2. The maximum atomic E-state index is 7.23. The Morgan fingerprint density at radius 2 is 0.875 bits per heavy atom. The molecule has 0 fully saturated rings. The van der Waals surface area contributed by atoms with Gasteiger partial charge in [-0.1, -0.05) is 188 Å². The SMILES string of the molecule is c1ccc(-c2ccc(-c3ccc4c(oc5ccc6oc7ccccc7c6c54)c3N(c3ccccc3)c3ccc4c(c3)C(c3ccccc3)(c3ccccc3)c3ccccc3-4)cc2)cc1. The van der Waals surface area contributed by atoms with E-state index in [0.717, 1.165) is 72.1 Å². The highest BCUT2D eigenvalue weighted by Crippen LogP contribution is 2.58. The first-order chi connectivity index (χ1) is 31.8. The van der Waals surface area contributed by atoms with E-state index in [4.69, 9.17) is 8.83 Å². The number of anilines is 3. The molecule has 1 aliphatic rings. The Labute approximate surface area is 370 Å². The van der Waals surface area contributed by atoms with Crippen molar-refractivity contribution in [3.8, 4) is 33.4 Å². The molecular formula is C61H39NO2. The standard InChI is InChI=1S/C61H39NO2/c1-5-17-40(18-6-1)41-29-31-42(32-30-41)47-35-36-51-58-56(38-37-55-57(58)50-26-14-16-28-54(50)63-55)64-60(51)59(47)62(45-23-11-4-12-24-45)46-33-34-49-48-25-13-15-27-52(48)61(53(49)39-46,43-19-7-2-8-20-43)44-21-9-3-10-22-44/h1-39H. The molecule has 1 aliphatic carbocycles. The van der Waals surface area contributed by atoms with E-state index in [9.17, 15) is 0 Å². The van der Waals surface area contributed by atoms with Crippen molar-refractivity contribution in [3.05, 3.63) is 259 Å². The molecule has 0 unspecified atom stereocenters. The first-order valence-corrected chi connectivity index (χ1v) is 21.9. The minimum atomic E-state index is -0.567. The summed E-state index contributed by atoms with van der Waals surface area (Å²) in [5.41, 5.74) is 17.7. The monoisotopic (exact) mass is 817 g/mol. The summed E-state index contributed by atoms with van der Waals surface area (Å²) in [4.78, 5) is 2.42. The maximum absolute atomic E-state index is 7.23. The normalized spacial score (nSPS) is 12.8. The zero-order valence-corrected chi connectivity index (χ0v) is 34.8. The van der Waals surface area contributed by atoms with Gasteiger partial charge in [0.25, 0.3) is 0 Å². The summed E-state index contributed by atoms with van der Waals surface area (Å²) in [5.74, 6) is 0. The van der Waals surface area contributed by atoms with Gasteiger partial charge in [-0.2, -0.15) is 0 Å². The number of hydrogen-bond acceptors (Lipinski definition) is 3. The molecule has 0 spiro atoms. The van der Waals surface area contributed by atoms with Crippen LogP contribution in [0.4, 0.5) is 17.1 Å². The summed E-state index contributed by atoms with van der Waals surface area (Å²) >= 11 is 0. The van der Waals surface area contributed by atoms with Crippen molar-refractivity contribution in [2.45, 2.75) is 5.41 Å². The zero-order chi connectivity index (χ0) is 42.2. The third-order valence-electron chi connectivity index (χ3n) is 13.4. The second kappa shape index (κ2) is 14.3. The second-order valence-electron chi connectivity index (χ2n) is 16.7. The van der Waals surface area contributed by atoms with Crippen LogP contribution in [0.25, 0.3) is 77.3 Å². The predicted molar refractivity (Wildman–Crippen MR) is 264 cm³/mol. The highest BCUT2D eigenvalue weighted by molar-refractivity contribution is 6.27. The number of benzene rings is 10. The van der Waals surface area contributed by atoms with E-state index >= 15 is 0 Å². The van der Waals surface area contributed by atoms with E-state index in [0.29, 0.717) is 0 Å². The van der Waals surface area contributed by atoms with Crippen LogP contribution in [-0.4, -0.2) is 0 Å². The van der Waals surface area contributed by atoms with Crippen molar-refractivity contribution in [2.75, 3.05) is 4.90 Å². The molecule has 0 saturated carbocycles. The fraction of sp³-hybridized carbons (Fsp3) is 0.0164. The van der Waals surface area contributed by atoms with E-state index < -0.39 is 5.41 Å². The third-order valence-corrected chi connectivity index (χ3v) is 13.4. The molecule has 0 N–H and O–H groups in total. The molecule has 300 valence electrons. The Kier molecular flexibility index (Phi) is 8.13. The molecule has 64 heavy (non-hydrogen) atoms. The van der Waals surface area contributed by atoms with Crippen molar-refractivity contribution >= 4 is 60.9 Å². The van der Waals surface area contributed by atoms with Crippen LogP contribution in [0.5, 0.6) is 0 Å². The van der Waals surface area contributed by atoms with Crippen LogP contribution < -0.4 is 4.90 Å². The molecule has 13 rings (SSSR count). The fourth-order valence-electron chi connectivity index (χ4n) is 10.6. The maximum Gasteiger partial charge on any atom is 0.160 e. The molecular weight excluding hydrogens is 779 g/mol. The molecule has 3 nitrogen and oxygen atoms in total. The lowest BCUT2D eigenvalue weighted by Gasteiger charge is -2.35. The minimum absolute atomic E-state index is 0.567. The van der Waals surface area contributed by atoms with Crippen molar-refractivity contribution in [1.82, 2.24) is 0 Å². The number of hydrogen-bond donors (Lipinski definition) is 0. The van der Waals surface area contributed by atoms with Gasteiger partial charge < -0.3 is 13.7 Å². The third kappa shape index (κ3) is 5.34. The summed E-state index contributed by atoms with van der Waals surface area (Å²) in [6.45, 7) is 0. The van der Waals surface area contributed by atoms with Gasteiger partial charge >= 0.3 is 0 Å².